The van der Waals surface area contributed by atoms with Gasteiger partial charge in [-0.2, -0.15) is 4.37 Å². The largest absolute Gasteiger partial charge is 0.382 e. The number of aromatic nitrogens is 3. The summed E-state index contributed by atoms with van der Waals surface area (Å²) in [5.74, 6) is 0.0680. The lowest BCUT2D eigenvalue weighted by molar-refractivity contribution is 0.602. The molecule has 0 atom stereocenters. The molecule has 0 spiro atoms. The highest BCUT2D eigenvalue weighted by Crippen LogP contribution is 2.31. The molecule has 0 aliphatic heterocycles. The van der Waals surface area contributed by atoms with Crippen molar-refractivity contribution in [2.75, 3.05) is 23.9 Å². The summed E-state index contributed by atoms with van der Waals surface area (Å²) in [4.78, 5) is 4.08. The number of sulfone groups is 1. The van der Waals surface area contributed by atoms with E-state index in [1.165, 1.54) is 0 Å². The van der Waals surface area contributed by atoms with Crippen molar-refractivity contribution in [3.05, 3.63) is 18.7 Å². The van der Waals surface area contributed by atoms with Gasteiger partial charge >= 0.3 is 0 Å². The van der Waals surface area contributed by atoms with E-state index < -0.39 is 9.84 Å². The maximum Gasteiger partial charge on any atom is 0.182 e. The predicted molar refractivity (Wildman–Crippen MR) is 79.6 cm³/mol. The van der Waals surface area contributed by atoms with Gasteiger partial charge < -0.3 is 15.6 Å². The first kappa shape index (κ1) is 14.8. The van der Waals surface area contributed by atoms with Crippen molar-refractivity contribution >= 4 is 32.2 Å². The number of aryl methyl sites for hydroxylation is 1. The summed E-state index contributed by atoms with van der Waals surface area (Å²) < 4.78 is 29.1. The minimum Gasteiger partial charge on any atom is -0.382 e. The molecule has 0 radical (unpaired) electrons. The Bertz CT molecular complexity index is 648. The number of hydrogen-bond donors (Lipinski definition) is 2. The van der Waals surface area contributed by atoms with Crippen molar-refractivity contribution in [2.45, 2.75) is 24.3 Å². The minimum atomic E-state index is -3.35. The Balaban J connectivity index is 1.83. The second-order valence-corrected chi connectivity index (χ2v) is 7.16. The van der Waals surface area contributed by atoms with Crippen molar-refractivity contribution in [3.8, 4) is 0 Å². The highest BCUT2D eigenvalue weighted by atomic mass is 32.2. The molecule has 0 aliphatic carbocycles. The molecule has 0 saturated carbocycles. The molecule has 0 aliphatic rings. The van der Waals surface area contributed by atoms with E-state index in [-0.39, 0.29) is 10.7 Å². The Morgan fingerprint density at radius 1 is 1.45 bits per heavy atom. The normalized spacial score (nSPS) is 11.7. The quantitative estimate of drug-likeness (QED) is 0.745. The Morgan fingerprint density at radius 2 is 2.25 bits per heavy atom. The second kappa shape index (κ2) is 6.23. The number of anilines is 2. The van der Waals surface area contributed by atoms with Gasteiger partial charge in [-0.1, -0.05) is 0 Å². The number of unbranched alkanes of at least 4 members (excludes halogenated alkanes) is 1. The second-order valence-electron chi connectivity index (χ2n) is 4.43. The predicted octanol–water partition coefficient (Wildman–Crippen LogP) is 1.22. The molecular weight excluding hydrogens is 298 g/mol. The van der Waals surface area contributed by atoms with Gasteiger partial charge in [0.25, 0.3) is 0 Å². The summed E-state index contributed by atoms with van der Waals surface area (Å²) in [7, 11) is -3.35. The topological polar surface area (TPSA) is 103 Å². The molecule has 0 amide bonds. The molecule has 2 rings (SSSR count). The third-order valence-corrected chi connectivity index (χ3v) is 4.84. The van der Waals surface area contributed by atoms with Crippen LogP contribution in [-0.2, 0) is 16.4 Å². The summed E-state index contributed by atoms with van der Waals surface area (Å²) in [5.41, 5.74) is 5.59. The van der Waals surface area contributed by atoms with E-state index in [1.54, 1.807) is 12.5 Å². The summed E-state index contributed by atoms with van der Waals surface area (Å²) in [6.45, 7) is 1.57. The van der Waals surface area contributed by atoms with Gasteiger partial charge in [0.05, 0.1) is 6.33 Å². The van der Waals surface area contributed by atoms with Crippen LogP contribution < -0.4 is 11.1 Å². The summed E-state index contributed by atoms with van der Waals surface area (Å²) >= 11 is 1.08. The summed E-state index contributed by atoms with van der Waals surface area (Å²) in [5, 5.41) is 3.61. The standard InChI is InChI=1S/C11H17N5O2S2/c1-20(17,18)9-10(12)15-19-11(9)14-4-2-3-6-16-7-5-13-8-16/h5,7-8,14H,2-4,6H2,1H3,(H2,12,15). The molecule has 9 heteroatoms. The number of rotatable bonds is 7. The Hall–Kier alpha value is -1.61. The van der Waals surface area contributed by atoms with Crippen LogP contribution >= 0.6 is 11.5 Å². The first-order valence-corrected chi connectivity index (χ1v) is 8.80. The lowest BCUT2D eigenvalue weighted by Crippen LogP contribution is -2.07. The van der Waals surface area contributed by atoms with Gasteiger partial charge in [-0.05, 0) is 24.4 Å². The van der Waals surface area contributed by atoms with Crippen molar-refractivity contribution in [1.29, 1.82) is 0 Å². The van der Waals surface area contributed by atoms with Crippen molar-refractivity contribution in [2.24, 2.45) is 0 Å². The van der Waals surface area contributed by atoms with Crippen molar-refractivity contribution in [3.63, 3.8) is 0 Å². The summed E-state index contributed by atoms with van der Waals surface area (Å²) in [6.07, 6.45) is 8.47. The third-order valence-electron chi connectivity index (χ3n) is 2.73. The van der Waals surface area contributed by atoms with E-state index in [9.17, 15) is 8.42 Å². The van der Waals surface area contributed by atoms with Crippen LogP contribution in [0.25, 0.3) is 0 Å². The van der Waals surface area contributed by atoms with Gasteiger partial charge in [0.2, 0.25) is 0 Å². The van der Waals surface area contributed by atoms with Crippen molar-refractivity contribution < 1.29 is 8.42 Å². The Kier molecular flexibility index (Phi) is 4.61. The molecule has 0 saturated heterocycles. The number of nitrogens with two attached hydrogens (primary N) is 1. The fraction of sp³-hybridized carbons (Fsp3) is 0.455. The maximum absolute atomic E-state index is 11.6. The number of imidazole rings is 1. The van der Waals surface area contributed by atoms with Gasteiger partial charge in [-0.25, -0.2) is 13.4 Å². The van der Waals surface area contributed by atoms with Crippen LogP contribution in [0.2, 0.25) is 0 Å². The number of nitrogens with zero attached hydrogens (tertiary/aromatic N) is 3. The fourth-order valence-corrected chi connectivity index (χ4v) is 3.90. The third kappa shape index (κ3) is 3.70. The maximum atomic E-state index is 11.6. The lowest BCUT2D eigenvalue weighted by Gasteiger charge is -2.06. The summed E-state index contributed by atoms with van der Waals surface area (Å²) in [6, 6.07) is 0. The lowest BCUT2D eigenvalue weighted by atomic mass is 10.3. The van der Waals surface area contributed by atoms with E-state index in [2.05, 4.69) is 14.7 Å². The number of hydrogen-bond acceptors (Lipinski definition) is 7. The van der Waals surface area contributed by atoms with Crippen molar-refractivity contribution in [1.82, 2.24) is 13.9 Å². The highest BCUT2D eigenvalue weighted by Gasteiger charge is 2.20. The van der Waals surface area contributed by atoms with Crippen LogP contribution in [-0.4, -0.2) is 35.1 Å². The zero-order valence-electron chi connectivity index (χ0n) is 11.1. The van der Waals surface area contributed by atoms with Crippen LogP contribution in [0.4, 0.5) is 10.8 Å². The van der Waals surface area contributed by atoms with E-state index in [0.29, 0.717) is 11.5 Å². The molecule has 110 valence electrons. The Morgan fingerprint density at radius 3 is 2.90 bits per heavy atom. The molecule has 0 unspecified atom stereocenters. The van der Waals surface area contributed by atoms with Crippen LogP contribution in [0.3, 0.4) is 0 Å². The van der Waals surface area contributed by atoms with Crippen LogP contribution in [0.1, 0.15) is 12.8 Å². The molecule has 0 bridgehead atoms. The van der Waals surface area contributed by atoms with Crippen LogP contribution in [0, 0.1) is 0 Å². The fourth-order valence-electron chi connectivity index (χ4n) is 1.81. The zero-order valence-corrected chi connectivity index (χ0v) is 12.7. The van der Waals surface area contributed by atoms with Gasteiger partial charge in [-0.15, -0.1) is 0 Å². The number of nitrogen functional groups attached to an aromatic ring is 1. The van der Waals surface area contributed by atoms with E-state index >= 15 is 0 Å². The van der Waals surface area contributed by atoms with Gasteiger partial charge in [-0.3, -0.25) is 0 Å². The van der Waals surface area contributed by atoms with Crippen LogP contribution in [0.5, 0.6) is 0 Å². The average Bonchev–Trinajstić information content (AvgIpc) is 2.97. The van der Waals surface area contributed by atoms with Gasteiger partial charge in [0, 0.05) is 31.7 Å². The molecule has 2 aromatic heterocycles. The zero-order chi connectivity index (χ0) is 14.6. The molecule has 0 fully saturated rings. The molecular formula is C11H17N5O2S2. The average molecular weight is 315 g/mol. The van der Waals surface area contributed by atoms with E-state index in [1.807, 2.05) is 10.8 Å². The van der Waals surface area contributed by atoms with E-state index in [0.717, 1.165) is 37.2 Å². The van der Waals surface area contributed by atoms with E-state index in [4.69, 9.17) is 5.73 Å². The number of nitrogens with one attached hydrogen (secondary N) is 1. The monoisotopic (exact) mass is 315 g/mol. The first-order chi connectivity index (χ1) is 9.48. The van der Waals surface area contributed by atoms with Crippen LogP contribution in [0.15, 0.2) is 23.6 Å². The Labute approximate surface area is 121 Å². The SMILES string of the molecule is CS(=O)(=O)c1c(N)nsc1NCCCCn1ccnc1. The molecule has 2 heterocycles. The van der Waals surface area contributed by atoms with Gasteiger partial charge in [0.15, 0.2) is 15.7 Å². The minimum absolute atomic E-state index is 0.0680. The molecule has 20 heavy (non-hydrogen) atoms. The molecule has 2 aromatic rings. The smallest absolute Gasteiger partial charge is 0.182 e. The van der Waals surface area contributed by atoms with Gasteiger partial charge in [0.1, 0.15) is 9.90 Å². The first-order valence-electron chi connectivity index (χ1n) is 6.13. The molecule has 3 N–H and O–H groups in total. The molecule has 0 aromatic carbocycles. The highest BCUT2D eigenvalue weighted by molar-refractivity contribution is 7.91. The molecule has 7 nitrogen and oxygen atoms in total.